The first kappa shape index (κ1) is 13.9. The fourth-order valence-corrected chi connectivity index (χ4v) is 2.29. The Kier molecular flexibility index (Phi) is 4.41. The van der Waals surface area contributed by atoms with Crippen LogP contribution in [-0.4, -0.2) is 47.9 Å². The minimum absolute atomic E-state index is 0.0286. The first-order valence-corrected chi connectivity index (χ1v) is 6.68. The molecule has 5 heteroatoms. The van der Waals surface area contributed by atoms with Gasteiger partial charge in [0.1, 0.15) is 0 Å². The predicted octanol–water partition coefficient (Wildman–Crippen LogP) is 2.01. The zero-order valence-corrected chi connectivity index (χ0v) is 11.6. The summed E-state index contributed by atoms with van der Waals surface area (Å²) in [5.74, 6) is 0.0286. The van der Waals surface area contributed by atoms with Crippen LogP contribution in [0.2, 0.25) is 5.02 Å². The van der Waals surface area contributed by atoms with E-state index < -0.39 is 0 Å². The van der Waals surface area contributed by atoms with Crippen LogP contribution in [0, 0.1) is 11.3 Å². The van der Waals surface area contributed by atoms with Crippen molar-refractivity contribution in [2.45, 2.75) is 13.0 Å². The second-order valence-electron chi connectivity index (χ2n) is 4.64. The molecule has 0 spiro atoms. The zero-order valence-electron chi connectivity index (χ0n) is 10.8. The van der Waals surface area contributed by atoms with Crippen LogP contribution in [0.15, 0.2) is 24.3 Å². The molecule has 1 aromatic rings. The van der Waals surface area contributed by atoms with Crippen LogP contribution in [0.4, 0.5) is 0 Å². The van der Waals surface area contributed by atoms with Crippen molar-refractivity contribution < 1.29 is 4.79 Å². The van der Waals surface area contributed by atoms with Gasteiger partial charge in [0, 0.05) is 36.8 Å². The molecule has 1 fully saturated rings. The third-order valence-corrected chi connectivity index (χ3v) is 3.68. The fourth-order valence-electron chi connectivity index (χ4n) is 2.17. The van der Waals surface area contributed by atoms with Gasteiger partial charge < -0.3 is 4.90 Å². The van der Waals surface area contributed by atoms with Crippen molar-refractivity contribution in [3.63, 3.8) is 0 Å². The molecular weight excluding hydrogens is 262 g/mol. The average molecular weight is 278 g/mol. The van der Waals surface area contributed by atoms with Gasteiger partial charge in [-0.2, -0.15) is 5.26 Å². The van der Waals surface area contributed by atoms with E-state index in [1.807, 2.05) is 11.8 Å². The molecule has 100 valence electrons. The third-order valence-electron chi connectivity index (χ3n) is 3.43. The van der Waals surface area contributed by atoms with Gasteiger partial charge in [-0.15, -0.1) is 0 Å². The van der Waals surface area contributed by atoms with E-state index in [4.69, 9.17) is 16.9 Å². The number of nitriles is 1. The van der Waals surface area contributed by atoms with Gasteiger partial charge in [0.25, 0.3) is 5.91 Å². The maximum Gasteiger partial charge on any atom is 0.253 e. The van der Waals surface area contributed by atoms with Crippen molar-refractivity contribution in [3.8, 4) is 6.07 Å². The highest BCUT2D eigenvalue weighted by Gasteiger charge is 2.24. The van der Waals surface area contributed by atoms with Crippen LogP contribution in [-0.2, 0) is 0 Å². The van der Waals surface area contributed by atoms with Gasteiger partial charge in [-0.05, 0) is 31.2 Å². The number of rotatable bonds is 2. The van der Waals surface area contributed by atoms with Crippen LogP contribution in [0.1, 0.15) is 17.3 Å². The Morgan fingerprint density at radius 2 is 1.84 bits per heavy atom. The maximum atomic E-state index is 12.3. The van der Waals surface area contributed by atoms with Crippen molar-refractivity contribution in [2.75, 3.05) is 26.2 Å². The molecule has 0 N–H and O–H groups in total. The second kappa shape index (κ2) is 6.05. The van der Waals surface area contributed by atoms with E-state index in [0.717, 1.165) is 13.1 Å². The van der Waals surface area contributed by atoms with E-state index in [2.05, 4.69) is 11.0 Å². The monoisotopic (exact) mass is 277 g/mol. The molecule has 0 bridgehead atoms. The molecule has 2 rings (SSSR count). The molecule has 0 aliphatic carbocycles. The summed E-state index contributed by atoms with van der Waals surface area (Å²) in [6, 6.07) is 9.07. The maximum absolute atomic E-state index is 12.3. The molecule has 0 aromatic heterocycles. The third kappa shape index (κ3) is 3.25. The molecule has 1 unspecified atom stereocenters. The topological polar surface area (TPSA) is 47.3 Å². The summed E-state index contributed by atoms with van der Waals surface area (Å²) >= 11 is 5.81. The molecule has 1 aromatic carbocycles. The van der Waals surface area contributed by atoms with Gasteiger partial charge in [0.05, 0.1) is 12.1 Å². The number of nitrogens with zero attached hydrogens (tertiary/aromatic N) is 3. The number of amides is 1. The van der Waals surface area contributed by atoms with Crippen LogP contribution in [0.3, 0.4) is 0 Å². The van der Waals surface area contributed by atoms with Crippen molar-refractivity contribution in [2.24, 2.45) is 0 Å². The van der Waals surface area contributed by atoms with E-state index in [9.17, 15) is 4.79 Å². The lowest BCUT2D eigenvalue weighted by atomic mass is 10.1. The molecule has 1 aliphatic rings. The van der Waals surface area contributed by atoms with Gasteiger partial charge in [0.15, 0.2) is 0 Å². The summed E-state index contributed by atoms with van der Waals surface area (Å²) in [5, 5.41) is 9.51. The van der Waals surface area contributed by atoms with Crippen molar-refractivity contribution in [1.82, 2.24) is 9.80 Å². The highest BCUT2D eigenvalue weighted by atomic mass is 35.5. The van der Waals surface area contributed by atoms with Crippen LogP contribution >= 0.6 is 11.6 Å². The summed E-state index contributed by atoms with van der Waals surface area (Å²) in [7, 11) is 0. The zero-order chi connectivity index (χ0) is 13.8. The van der Waals surface area contributed by atoms with E-state index in [1.54, 1.807) is 24.3 Å². The highest BCUT2D eigenvalue weighted by Crippen LogP contribution is 2.13. The summed E-state index contributed by atoms with van der Waals surface area (Å²) in [5.41, 5.74) is 0.659. The lowest BCUT2D eigenvalue weighted by Crippen LogP contribution is -2.51. The van der Waals surface area contributed by atoms with Crippen LogP contribution in [0.5, 0.6) is 0 Å². The number of benzene rings is 1. The Labute approximate surface area is 118 Å². The summed E-state index contributed by atoms with van der Waals surface area (Å²) < 4.78 is 0. The van der Waals surface area contributed by atoms with Gasteiger partial charge in [-0.1, -0.05) is 11.6 Å². The standard InChI is InChI=1S/C14H16ClN3O/c1-11(10-16)17-6-8-18(9-7-17)14(19)12-2-4-13(15)5-3-12/h2-5,11H,6-9H2,1H3. The Balaban J connectivity index is 1.96. The number of hydrogen-bond donors (Lipinski definition) is 0. The molecule has 1 aliphatic heterocycles. The largest absolute Gasteiger partial charge is 0.336 e. The Hall–Kier alpha value is -1.57. The van der Waals surface area contributed by atoms with Crippen molar-refractivity contribution in [3.05, 3.63) is 34.9 Å². The number of piperazine rings is 1. The molecule has 1 atom stereocenters. The Morgan fingerprint density at radius 3 is 2.37 bits per heavy atom. The predicted molar refractivity (Wildman–Crippen MR) is 74.0 cm³/mol. The van der Waals surface area contributed by atoms with Crippen molar-refractivity contribution >= 4 is 17.5 Å². The lowest BCUT2D eigenvalue weighted by molar-refractivity contribution is 0.0615. The molecule has 4 nitrogen and oxygen atoms in total. The SMILES string of the molecule is CC(C#N)N1CCN(C(=O)c2ccc(Cl)cc2)CC1. The highest BCUT2D eigenvalue weighted by molar-refractivity contribution is 6.30. The first-order valence-electron chi connectivity index (χ1n) is 6.30. The summed E-state index contributed by atoms with van der Waals surface area (Å²) in [6.45, 7) is 4.69. The van der Waals surface area contributed by atoms with E-state index in [-0.39, 0.29) is 11.9 Å². The van der Waals surface area contributed by atoms with E-state index in [0.29, 0.717) is 23.7 Å². The van der Waals surface area contributed by atoms with E-state index in [1.165, 1.54) is 0 Å². The molecule has 1 heterocycles. The van der Waals surface area contributed by atoms with Gasteiger partial charge in [0.2, 0.25) is 0 Å². The molecular formula is C14H16ClN3O. The normalized spacial score (nSPS) is 17.8. The Morgan fingerprint density at radius 1 is 1.26 bits per heavy atom. The lowest BCUT2D eigenvalue weighted by Gasteiger charge is -2.35. The van der Waals surface area contributed by atoms with Gasteiger partial charge >= 0.3 is 0 Å². The first-order chi connectivity index (χ1) is 9.11. The number of hydrogen-bond acceptors (Lipinski definition) is 3. The smallest absolute Gasteiger partial charge is 0.253 e. The van der Waals surface area contributed by atoms with E-state index >= 15 is 0 Å². The second-order valence-corrected chi connectivity index (χ2v) is 5.08. The molecule has 0 saturated carbocycles. The van der Waals surface area contributed by atoms with Crippen LogP contribution < -0.4 is 0 Å². The van der Waals surface area contributed by atoms with Gasteiger partial charge in [-0.25, -0.2) is 0 Å². The molecule has 1 amide bonds. The fraction of sp³-hybridized carbons (Fsp3) is 0.429. The Bertz CT molecular complexity index is 486. The molecule has 19 heavy (non-hydrogen) atoms. The van der Waals surface area contributed by atoms with Crippen LogP contribution in [0.25, 0.3) is 0 Å². The quantitative estimate of drug-likeness (QED) is 0.831. The van der Waals surface area contributed by atoms with Crippen molar-refractivity contribution in [1.29, 1.82) is 5.26 Å². The minimum Gasteiger partial charge on any atom is -0.336 e. The summed E-state index contributed by atoms with van der Waals surface area (Å²) in [4.78, 5) is 16.2. The molecule has 0 radical (unpaired) electrons. The minimum atomic E-state index is -0.0900. The van der Waals surface area contributed by atoms with Gasteiger partial charge in [-0.3, -0.25) is 9.69 Å². The number of halogens is 1. The summed E-state index contributed by atoms with van der Waals surface area (Å²) in [6.07, 6.45) is 0. The molecule has 1 saturated heterocycles. The number of carbonyl (C=O) groups is 1. The average Bonchev–Trinajstić information content (AvgIpc) is 2.46. The number of carbonyl (C=O) groups excluding carboxylic acids is 1.